The van der Waals surface area contributed by atoms with Crippen LogP contribution in [0.2, 0.25) is 10.0 Å². The maximum Gasteiger partial charge on any atom is 0.233 e. The Hall–Kier alpha value is 0.0400. The van der Waals surface area contributed by atoms with Crippen molar-refractivity contribution in [3.63, 3.8) is 0 Å². The second-order valence-electron chi connectivity index (χ2n) is 4.19. The molecule has 0 unspecified atom stereocenters. The van der Waals surface area contributed by atoms with Crippen molar-refractivity contribution in [2.24, 2.45) is 0 Å². The molecule has 0 amide bonds. The first-order chi connectivity index (χ1) is 7.12. The van der Waals surface area contributed by atoms with Crippen molar-refractivity contribution >= 4 is 42.9 Å². The summed E-state index contributed by atoms with van der Waals surface area (Å²) in [5.41, 5.74) is 0.0604. The van der Waals surface area contributed by atoms with Crippen LogP contribution in [0.1, 0.15) is 19.4 Å². The molecule has 2 nitrogen and oxygen atoms in total. The lowest BCUT2D eigenvalue weighted by atomic mass is 9.87. The first-order valence-corrected chi connectivity index (χ1v) is 7.73. The first-order valence-electron chi connectivity index (χ1n) is 4.50. The van der Waals surface area contributed by atoms with Gasteiger partial charge in [0.15, 0.2) is 0 Å². The van der Waals surface area contributed by atoms with Gasteiger partial charge in [-0.3, -0.25) is 0 Å². The molecule has 0 aliphatic carbocycles. The molecule has 0 aromatic heterocycles. The monoisotopic (exact) mass is 300 g/mol. The predicted octanol–water partition coefficient (Wildman–Crippen LogP) is 3.84. The van der Waals surface area contributed by atoms with E-state index >= 15 is 0 Å². The zero-order valence-corrected chi connectivity index (χ0v) is 11.9. The summed E-state index contributed by atoms with van der Waals surface area (Å²) in [6, 6.07) is 4.97. The Kier molecular flexibility index (Phi) is 4.17. The third-order valence-electron chi connectivity index (χ3n) is 2.19. The van der Waals surface area contributed by atoms with E-state index in [1.807, 2.05) is 0 Å². The summed E-state index contributed by atoms with van der Waals surface area (Å²) in [5.74, 6) is -0.178. The van der Waals surface area contributed by atoms with Crippen LogP contribution in [0.5, 0.6) is 0 Å². The zero-order valence-electron chi connectivity index (χ0n) is 8.80. The molecule has 0 saturated heterocycles. The van der Waals surface area contributed by atoms with Crippen LogP contribution in [0.25, 0.3) is 0 Å². The zero-order chi connectivity index (χ0) is 12.6. The van der Waals surface area contributed by atoms with Gasteiger partial charge in [0.05, 0.1) is 5.75 Å². The summed E-state index contributed by atoms with van der Waals surface area (Å²) >= 11 is 11.8. The Bertz CT molecular complexity index is 495. The van der Waals surface area contributed by atoms with E-state index in [1.54, 1.807) is 32.0 Å². The highest BCUT2D eigenvalue weighted by atomic mass is 35.7. The quantitative estimate of drug-likeness (QED) is 0.795. The van der Waals surface area contributed by atoms with Gasteiger partial charge in [-0.15, -0.1) is 0 Å². The van der Waals surface area contributed by atoms with Gasteiger partial charge in [0.25, 0.3) is 0 Å². The highest BCUT2D eigenvalue weighted by Crippen LogP contribution is 2.33. The van der Waals surface area contributed by atoms with E-state index < -0.39 is 14.5 Å². The minimum Gasteiger partial charge on any atom is -0.212 e. The number of hydrogen-bond donors (Lipinski definition) is 0. The van der Waals surface area contributed by atoms with Gasteiger partial charge in [-0.25, -0.2) is 8.42 Å². The number of hydrogen-bond acceptors (Lipinski definition) is 2. The maximum absolute atomic E-state index is 11.1. The van der Waals surface area contributed by atoms with Crippen LogP contribution in [-0.2, 0) is 14.5 Å². The summed E-state index contributed by atoms with van der Waals surface area (Å²) in [5, 5.41) is 0.955. The molecular formula is C10H11Cl3O2S. The molecule has 0 heterocycles. The fourth-order valence-electron chi connectivity index (χ4n) is 1.55. The topological polar surface area (TPSA) is 34.1 Å². The lowest BCUT2D eigenvalue weighted by Crippen LogP contribution is -2.26. The third kappa shape index (κ3) is 3.81. The molecule has 0 spiro atoms. The van der Waals surface area contributed by atoms with E-state index in [2.05, 4.69) is 0 Å². The van der Waals surface area contributed by atoms with Gasteiger partial charge >= 0.3 is 0 Å². The molecule has 0 fully saturated rings. The van der Waals surface area contributed by atoms with Gasteiger partial charge in [0.2, 0.25) is 9.05 Å². The number of halogens is 3. The molecule has 1 rings (SSSR count). The SMILES string of the molecule is CC(C)(CS(=O)(=O)Cl)c1ccc(Cl)cc1Cl. The number of benzene rings is 1. The Morgan fingerprint density at radius 1 is 1.25 bits per heavy atom. The Balaban J connectivity index is 3.17. The standard InChI is InChI=1S/C10H11Cl3O2S/c1-10(2,6-16(13,14)15)8-4-3-7(11)5-9(8)12/h3-5H,6H2,1-2H3. The summed E-state index contributed by atoms with van der Waals surface area (Å²) in [6.07, 6.45) is 0. The smallest absolute Gasteiger partial charge is 0.212 e. The number of rotatable bonds is 3. The van der Waals surface area contributed by atoms with Crippen molar-refractivity contribution in [1.82, 2.24) is 0 Å². The fraction of sp³-hybridized carbons (Fsp3) is 0.400. The summed E-state index contributed by atoms with van der Waals surface area (Å²) < 4.78 is 22.2. The van der Waals surface area contributed by atoms with Gasteiger partial charge in [0, 0.05) is 26.1 Å². The molecule has 16 heavy (non-hydrogen) atoms. The van der Waals surface area contributed by atoms with Crippen LogP contribution < -0.4 is 0 Å². The molecular weight excluding hydrogens is 291 g/mol. The molecule has 1 aromatic carbocycles. The Labute approximate surface area is 110 Å². The largest absolute Gasteiger partial charge is 0.233 e. The fourth-order valence-corrected chi connectivity index (χ4v) is 4.05. The Morgan fingerprint density at radius 3 is 2.25 bits per heavy atom. The predicted molar refractivity (Wildman–Crippen MR) is 69.1 cm³/mol. The van der Waals surface area contributed by atoms with E-state index in [0.717, 1.165) is 0 Å². The summed E-state index contributed by atoms with van der Waals surface area (Å²) in [6.45, 7) is 3.53. The lowest BCUT2D eigenvalue weighted by Gasteiger charge is -2.24. The summed E-state index contributed by atoms with van der Waals surface area (Å²) in [4.78, 5) is 0. The van der Waals surface area contributed by atoms with Crippen LogP contribution in [0.15, 0.2) is 18.2 Å². The maximum atomic E-state index is 11.1. The molecule has 0 saturated carbocycles. The average Bonchev–Trinajstić information content (AvgIpc) is 1.97. The van der Waals surface area contributed by atoms with Gasteiger partial charge in [-0.1, -0.05) is 43.1 Å². The highest BCUT2D eigenvalue weighted by molar-refractivity contribution is 8.13. The van der Waals surface area contributed by atoms with Crippen LogP contribution in [-0.4, -0.2) is 14.2 Å². The van der Waals surface area contributed by atoms with Crippen molar-refractivity contribution in [3.8, 4) is 0 Å². The molecule has 0 atom stereocenters. The van der Waals surface area contributed by atoms with Gasteiger partial charge in [0.1, 0.15) is 0 Å². The van der Waals surface area contributed by atoms with Crippen LogP contribution >= 0.6 is 33.9 Å². The first kappa shape index (κ1) is 14.1. The van der Waals surface area contributed by atoms with Gasteiger partial charge in [-0.05, 0) is 17.7 Å². The second kappa shape index (κ2) is 4.73. The summed E-state index contributed by atoms with van der Waals surface area (Å²) in [7, 11) is 1.68. The lowest BCUT2D eigenvalue weighted by molar-refractivity contribution is 0.558. The van der Waals surface area contributed by atoms with E-state index in [1.165, 1.54) is 0 Å². The molecule has 0 N–H and O–H groups in total. The molecule has 1 aromatic rings. The molecule has 0 aliphatic heterocycles. The normalized spacial score (nSPS) is 12.8. The van der Waals surface area contributed by atoms with Crippen molar-refractivity contribution in [3.05, 3.63) is 33.8 Å². The van der Waals surface area contributed by atoms with E-state index in [9.17, 15) is 8.42 Å². The molecule has 0 radical (unpaired) electrons. The average molecular weight is 302 g/mol. The highest BCUT2D eigenvalue weighted by Gasteiger charge is 2.28. The minimum atomic E-state index is -3.58. The molecule has 0 aliphatic rings. The molecule has 0 bridgehead atoms. The Morgan fingerprint density at radius 2 is 1.81 bits per heavy atom. The minimum absolute atomic E-state index is 0.178. The van der Waals surface area contributed by atoms with Crippen molar-refractivity contribution < 1.29 is 8.42 Å². The molecule has 90 valence electrons. The van der Waals surface area contributed by atoms with Crippen molar-refractivity contribution in [2.75, 3.05) is 5.75 Å². The van der Waals surface area contributed by atoms with E-state index in [0.29, 0.717) is 15.6 Å². The van der Waals surface area contributed by atoms with E-state index in [-0.39, 0.29) is 5.75 Å². The van der Waals surface area contributed by atoms with Gasteiger partial charge in [-0.2, -0.15) is 0 Å². The van der Waals surface area contributed by atoms with Gasteiger partial charge < -0.3 is 0 Å². The van der Waals surface area contributed by atoms with Crippen molar-refractivity contribution in [2.45, 2.75) is 19.3 Å². The van der Waals surface area contributed by atoms with Crippen LogP contribution in [0.4, 0.5) is 0 Å². The van der Waals surface area contributed by atoms with E-state index in [4.69, 9.17) is 33.9 Å². The van der Waals surface area contributed by atoms with Crippen molar-refractivity contribution in [1.29, 1.82) is 0 Å². The third-order valence-corrected chi connectivity index (χ3v) is 4.14. The van der Waals surface area contributed by atoms with Crippen LogP contribution in [0.3, 0.4) is 0 Å². The van der Waals surface area contributed by atoms with Crippen LogP contribution in [0, 0.1) is 0 Å². The molecule has 6 heteroatoms. The second-order valence-corrected chi connectivity index (χ2v) is 7.81.